The van der Waals surface area contributed by atoms with E-state index in [-0.39, 0.29) is 11.9 Å². The second kappa shape index (κ2) is 6.25. The van der Waals surface area contributed by atoms with Gasteiger partial charge in [0, 0.05) is 19.2 Å². The van der Waals surface area contributed by atoms with Crippen molar-refractivity contribution in [3.05, 3.63) is 18.2 Å². The van der Waals surface area contributed by atoms with Crippen molar-refractivity contribution in [2.24, 2.45) is 5.92 Å². The van der Waals surface area contributed by atoms with Gasteiger partial charge in [0.05, 0.1) is 30.7 Å². The number of fused-ring (bicyclic) bond motifs is 1. The third kappa shape index (κ3) is 2.86. The molecule has 2 aromatic rings. The number of rotatable bonds is 4. The fourth-order valence-corrected chi connectivity index (χ4v) is 2.87. The van der Waals surface area contributed by atoms with Crippen LogP contribution in [0.4, 0.5) is 5.95 Å². The number of imidazole rings is 1. The Morgan fingerprint density at radius 3 is 3.14 bits per heavy atom. The molecule has 1 aromatic carbocycles. The Balaban J connectivity index is 1.79. The number of hydrogen-bond donors (Lipinski definition) is 1. The summed E-state index contributed by atoms with van der Waals surface area (Å²) in [5.41, 5.74) is 1.83. The summed E-state index contributed by atoms with van der Waals surface area (Å²) in [6.45, 7) is 3.81. The summed E-state index contributed by atoms with van der Waals surface area (Å²) in [5, 5.41) is 0. The molecule has 0 spiro atoms. The number of anilines is 1. The van der Waals surface area contributed by atoms with Crippen LogP contribution in [0.5, 0.6) is 5.75 Å². The number of aromatic nitrogens is 2. The quantitative estimate of drug-likeness (QED) is 0.878. The van der Waals surface area contributed by atoms with Crippen molar-refractivity contribution in [2.75, 3.05) is 31.7 Å². The Morgan fingerprint density at radius 1 is 1.50 bits per heavy atom. The molecule has 0 saturated carbocycles. The molecule has 1 fully saturated rings. The molecule has 0 amide bonds. The number of nitrogens with one attached hydrogen (secondary N) is 1. The highest BCUT2D eigenvalue weighted by Gasteiger charge is 2.28. The first-order valence-corrected chi connectivity index (χ1v) is 7.66. The lowest BCUT2D eigenvalue weighted by atomic mass is 9.98. The minimum atomic E-state index is -0.106. The molecule has 1 atom stereocenters. The van der Waals surface area contributed by atoms with E-state index in [2.05, 4.69) is 14.9 Å². The summed E-state index contributed by atoms with van der Waals surface area (Å²) in [6.07, 6.45) is 1.84. The second-order valence-electron chi connectivity index (χ2n) is 5.48. The lowest BCUT2D eigenvalue weighted by Crippen LogP contribution is -2.40. The van der Waals surface area contributed by atoms with E-state index in [1.54, 1.807) is 7.11 Å². The number of aromatic amines is 1. The van der Waals surface area contributed by atoms with Gasteiger partial charge in [-0.2, -0.15) is 0 Å². The molecule has 22 heavy (non-hydrogen) atoms. The third-order valence-electron chi connectivity index (χ3n) is 4.02. The second-order valence-corrected chi connectivity index (χ2v) is 5.48. The van der Waals surface area contributed by atoms with E-state index in [4.69, 9.17) is 9.47 Å². The van der Waals surface area contributed by atoms with Crippen LogP contribution in [-0.2, 0) is 9.53 Å². The predicted octanol–water partition coefficient (Wildman–Crippen LogP) is 2.35. The number of ether oxygens (including phenoxy) is 2. The molecule has 6 nitrogen and oxygen atoms in total. The van der Waals surface area contributed by atoms with Crippen LogP contribution in [0, 0.1) is 5.92 Å². The maximum absolute atomic E-state index is 11.9. The van der Waals surface area contributed by atoms with Crippen LogP contribution in [0.25, 0.3) is 11.0 Å². The molecule has 6 heteroatoms. The van der Waals surface area contributed by atoms with E-state index in [0.29, 0.717) is 13.2 Å². The van der Waals surface area contributed by atoms with E-state index < -0.39 is 0 Å². The number of benzene rings is 1. The number of nitrogens with zero attached hydrogens (tertiary/aromatic N) is 2. The van der Waals surface area contributed by atoms with Gasteiger partial charge in [-0.3, -0.25) is 4.79 Å². The molecule has 1 aliphatic heterocycles. The average Bonchev–Trinajstić information content (AvgIpc) is 2.98. The zero-order valence-corrected chi connectivity index (χ0v) is 13.0. The predicted molar refractivity (Wildman–Crippen MR) is 84.2 cm³/mol. The van der Waals surface area contributed by atoms with Gasteiger partial charge >= 0.3 is 5.97 Å². The van der Waals surface area contributed by atoms with Crippen molar-refractivity contribution in [1.29, 1.82) is 0 Å². The molecule has 0 aliphatic carbocycles. The summed E-state index contributed by atoms with van der Waals surface area (Å²) in [7, 11) is 1.65. The van der Waals surface area contributed by atoms with Crippen molar-refractivity contribution in [2.45, 2.75) is 19.8 Å². The van der Waals surface area contributed by atoms with Crippen LogP contribution in [0.15, 0.2) is 18.2 Å². The van der Waals surface area contributed by atoms with Gasteiger partial charge in [-0.1, -0.05) is 0 Å². The topological polar surface area (TPSA) is 67.4 Å². The average molecular weight is 303 g/mol. The number of methoxy groups -OCH3 is 1. The molecule has 2 heterocycles. The lowest BCUT2D eigenvalue weighted by Gasteiger charge is -2.31. The molecular weight excluding hydrogens is 282 g/mol. The fraction of sp³-hybridized carbons (Fsp3) is 0.500. The summed E-state index contributed by atoms with van der Waals surface area (Å²) >= 11 is 0. The van der Waals surface area contributed by atoms with Crippen molar-refractivity contribution in [1.82, 2.24) is 9.97 Å². The van der Waals surface area contributed by atoms with Crippen molar-refractivity contribution in [3.8, 4) is 5.75 Å². The number of hydrogen-bond acceptors (Lipinski definition) is 5. The Kier molecular flexibility index (Phi) is 4.18. The molecule has 1 aromatic heterocycles. The Hall–Kier alpha value is -2.24. The van der Waals surface area contributed by atoms with Gasteiger partial charge in [0.15, 0.2) is 0 Å². The van der Waals surface area contributed by atoms with Gasteiger partial charge in [0.2, 0.25) is 5.95 Å². The molecule has 118 valence electrons. The molecule has 0 bridgehead atoms. The van der Waals surface area contributed by atoms with Gasteiger partial charge in [-0.25, -0.2) is 4.98 Å². The van der Waals surface area contributed by atoms with Crippen LogP contribution < -0.4 is 9.64 Å². The zero-order valence-electron chi connectivity index (χ0n) is 13.0. The smallest absolute Gasteiger partial charge is 0.310 e. The van der Waals surface area contributed by atoms with E-state index in [0.717, 1.165) is 42.1 Å². The standard InChI is InChI=1S/C16H21N3O3/c1-3-22-15(20)11-5-4-8-19(10-11)16-17-13-7-6-12(21-2)9-14(13)18-16/h6-7,9,11H,3-5,8,10H2,1-2H3,(H,17,18). The van der Waals surface area contributed by atoms with E-state index in [1.165, 1.54) is 0 Å². The van der Waals surface area contributed by atoms with E-state index in [1.807, 2.05) is 25.1 Å². The third-order valence-corrected chi connectivity index (χ3v) is 4.02. The number of carbonyl (C=O) groups excluding carboxylic acids is 1. The first-order chi connectivity index (χ1) is 10.7. The maximum atomic E-state index is 11.9. The largest absolute Gasteiger partial charge is 0.497 e. The summed E-state index contributed by atoms with van der Waals surface area (Å²) in [6, 6.07) is 5.75. The molecule has 1 saturated heterocycles. The number of carbonyl (C=O) groups is 1. The molecule has 1 aliphatic rings. The molecular formula is C16H21N3O3. The van der Waals surface area contributed by atoms with Crippen molar-refractivity contribution < 1.29 is 14.3 Å². The highest BCUT2D eigenvalue weighted by atomic mass is 16.5. The highest BCUT2D eigenvalue weighted by Crippen LogP contribution is 2.26. The highest BCUT2D eigenvalue weighted by molar-refractivity contribution is 5.79. The van der Waals surface area contributed by atoms with Gasteiger partial charge in [-0.15, -0.1) is 0 Å². The monoisotopic (exact) mass is 303 g/mol. The first kappa shape index (κ1) is 14.7. The van der Waals surface area contributed by atoms with Gasteiger partial charge in [-0.05, 0) is 31.9 Å². The normalized spacial score (nSPS) is 18.5. The van der Waals surface area contributed by atoms with Gasteiger partial charge < -0.3 is 19.4 Å². The SMILES string of the molecule is CCOC(=O)C1CCCN(c2nc3ccc(OC)cc3[nH]2)C1. The maximum Gasteiger partial charge on any atom is 0.310 e. The summed E-state index contributed by atoms with van der Waals surface area (Å²) in [4.78, 5) is 22.0. The Bertz CT molecular complexity index is 668. The zero-order chi connectivity index (χ0) is 15.5. The summed E-state index contributed by atoms with van der Waals surface area (Å²) < 4.78 is 10.4. The van der Waals surface area contributed by atoms with E-state index >= 15 is 0 Å². The number of esters is 1. The number of H-pyrrole nitrogens is 1. The Labute approximate surface area is 129 Å². The first-order valence-electron chi connectivity index (χ1n) is 7.66. The van der Waals surface area contributed by atoms with Crippen molar-refractivity contribution in [3.63, 3.8) is 0 Å². The molecule has 1 N–H and O–H groups in total. The van der Waals surface area contributed by atoms with E-state index in [9.17, 15) is 4.79 Å². The summed E-state index contributed by atoms with van der Waals surface area (Å²) in [5.74, 6) is 1.42. The van der Waals surface area contributed by atoms with Crippen LogP contribution in [0.2, 0.25) is 0 Å². The van der Waals surface area contributed by atoms with Crippen LogP contribution in [-0.4, -0.2) is 42.7 Å². The molecule has 3 rings (SSSR count). The lowest BCUT2D eigenvalue weighted by molar-refractivity contribution is -0.148. The van der Waals surface area contributed by atoms with Crippen LogP contribution in [0.1, 0.15) is 19.8 Å². The van der Waals surface area contributed by atoms with Gasteiger partial charge in [0.1, 0.15) is 5.75 Å². The minimum Gasteiger partial charge on any atom is -0.497 e. The van der Waals surface area contributed by atoms with Crippen molar-refractivity contribution >= 4 is 23.0 Å². The van der Waals surface area contributed by atoms with Crippen LogP contribution in [0.3, 0.4) is 0 Å². The molecule has 0 radical (unpaired) electrons. The van der Waals surface area contributed by atoms with Gasteiger partial charge in [0.25, 0.3) is 0 Å². The minimum absolute atomic E-state index is 0.0727. The number of piperidine rings is 1. The fourth-order valence-electron chi connectivity index (χ4n) is 2.87. The Morgan fingerprint density at radius 2 is 2.36 bits per heavy atom. The molecule has 1 unspecified atom stereocenters. The van der Waals surface area contributed by atoms with Crippen LogP contribution >= 0.6 is 0 Å².